The third-order valence-corrected chi connectivity index (χ3v) is 5.46. The van der Waals surface area contributed by atoms with E-state index in [-0.39, 0.29) is 0 Å². The van der Waals surface area contributed by atoms with Gasteiger partial charge in [-0.3, -0.25) is 4.40 Å². The predicted molar refractivity (Wildman–Crippen MR) is 104 cm³/mol. The van der Waals surface area contributed by atoms with Crippen LogP contribution in [0.15, 0.2) is 58.2 Å². The standard InChI is InChI=1S/C18H13ClN6OS/c1-24-13-4-2-3-5-14(13)25-17(24)21-22-18(25)27-10-15-20-16(23-26-15)11-6-8-12(19)9-7-11/h2-9H,10H2,1H3. The molecule has 0 aliphatic heterocycles. The minimum absolute atomic E-state index is 0.505. The molecule has 9 heteroatoms. The highest BCUT2D eigenvalue weighted by Gasteiger charge is 2.16. The Morgan fingerprint density at radius 2 is 1.81 bits per heavy atom. The van der Waals surface area contributed by atoms with E-state index in [0.717, 1.165) is 27.5 Å². The zero-order valence-electron chi connectivity index (χ0n) is 14.2. The normalized spacial score (nSPS) is 11.6. The van der Waals surface area contributed by atoms with E-state index in [4.69, 9.17) is 16.1 Å². The minimum atomic E-state index is 0.505. The summed E-state index contributed by atoms with van der Waals surface area (Å²) in [5.41, 5.74) is 3.03. The van der Waals surface area contributed by atoms with Crippen molar-refractivity contribution in [2.24, 2.45) is 7.05 Å². The Labute approximate surface area is 163 Å². The molecule has 0 spiro atoms. The first-order valence-electron chi connectivity index (χ1n) is 8.20. The number of aryl methyl sites for hydroxylation is 1. The fraction of sp³-hybridized carbons (Fsp3) is 0.111. The summed E-state index contributed by atoms with van der Waals surface area (Å²) in [6, 6.07) is 15.5. The maximum atomic E-state index is 5.92. The third-order valence-electron chi connectivity index (χ3n) is 4.30. The van der Waals surface area contributed by atoms with Crippen molar-refractivity contribution in [3.63, 3.8) is 0 Å². The molecule has 134 valence electrons. The van der Waals surface area contributed by atoms with Gasteiger partial charge in [0.25, 0.3) is 0 Å². The molecule has 3 aromatic heterocycles. The molecule has 0 atom stereocenters. The van der Waals surface area contributed by atoms with E-state index >= 15 is 0 Å². The molecule has 0 saturated carbocycles. The fourth-order valence-corrected chi connectivity index (χ4v) is 3.89. The van der Waals surface area contributed by atoms with Crippen molar-refractivity contribution in [2.75, 3.05) is 0 Å². The summed E-state index contributed by atoms with van der Waals surface area (Å²) in [5.74, 6) is 2.37. The van der Waals surface area contributed by atoms with Gasteiger partial charge in [-0.1, -0.05) is 40.7 Å². The van der Waals surface area contributed by atoms with Crippen LogP contribution in [-0.2, 0) is 12.8 Å². The average Bonchev–Trinajstić information content (AvgIpc) is 3.39. The number of halogens is 1. The first-order chi connectivity index (χ1) is 13.2. The second-order valence-electron chi connectivity index (χ2n) is 5.97. The molecule has 0 radical (unpaired) electrons. The number of hydrogen-bond acceptors (Lipinski definition) is 6. The Bertz CT molecular complexity index is 1260. The van der Waals surface area contributed by atoms with Crippen LogP contribution in [0.2, 0.25) is 5.02 Å². The Hall–Kier alpha value is -2.84. The first-order valence-corrected chi connectivity index (χ1v) is 9.57. The SMILES string of the molecule is Cn1c2ccccc2n2c(SCc3nc(-c4ccc(Cl)cc4)no3)nnc12. The third kappa shape index (κ3) is 2.77. The topological polar surface area (TPSA) is 74.0 Å². The highest BCUT2D eigenvalue weighted by molar-refractivity contribution is 7.98. The van der Waals surface area contributed by atoms with Gasteiger partial charge in [-0.05, 0) is 36.4 Å². The number of aromatic nitrogens is 6. The van der Waals surface area contributed by atoms with E-state index in [9.17, 15) is 0 Å². The van der Waals surface area contributed by atoms with Crippen molar-refractivity contribution < 1.29 is 4.52 Å². The number of hydrogen-bond donors (Lipinski definition) is 0. The molecule has 27 heavy (non-hydrogen) atoms. The summed E-state index contributed by atoms with van der Waals surface area (Å²) in [7, 11) is 1.98. The van der Waals surface area contributed by atoms with E-state index in [2.05, 4.69) is 32.5 Å². The van der Waals surface area contributed by atoms with E-state index in [1.807, 2.05) is 40.3 Å². The fourth-order valence-electron chi connectivity index (χ4n) is 2.98. The van der Waals surface area contributed by atoms with Crippen LogP contribution in [-0.4, -0.2) is 29.3 Å². The second-order valence-corrected chi connectivity index (χ2v) is 7.35. The number of benzene rings is 2. The van der Waals surface area contributed by atoms with Crippen molar-refractivity contribution >= 4 is 40.2 Å². The number of thioether (sulfide) groups is 1. The summed E-state index contributed by atoms with van der Waals surface area (Å²) < 4.78 is 9.44. The smallest absolute Gasteiger partial charge is 0.237 e. The molecule has 7 nitrogen and oxygen atoms in total. The van der Waals surface area contributed by atoms with Crippen LogP contribution in [0.25, 0.3) is 28.2 Å². The van der Waals surface area contributed by atoms with Crippen LogP contribution in [0.3, 0.4) is 0 Å². The van der Waals surface area contributed by atoms with Gasteiger partial charge in [0, 0.05) is 17.6 Å². The van der Waals surface area contributed by atoms with Gasteiger partial charge < -0.3 is 9.09 Å². The van der Waals surface area contributed by atoms with Crippen LogP contribution in [0, 0.1) is 0 Å². The molecule has 0 fully saturated rings. The zero-order chi connectivity index (χ0) is 18.4. The number of imidazole rings is 1. The van der Waals surface area contributed by atoms with Crippen LogP contribution in [0.1, 0.15) is 5.89 Å². The van der Waals surface area contributed by atoms with Crippen LogP contribution in [0.5, 0.6) is 0 Å². The molecule has 0 aliphatic rings. The number of fused-ring (bicyclic) bond motifs is 3. The van der Waals surface area contributed by atoms with Gasteiger partial charge in [-0.25, -0.2) is 0 Å². The molecule has 0 amide bonds. The van der Waals surface area contributed by atoms with E-state index in [1.165, 1.54) is 11.8 Å². The van der Waals surface area contributed by atoms with E-state index in [0.29, 0.717) is 22.5 Å². The quantitative estimate of drug-likeness (QED) is 0.423. The number of rotatable bonds is 4. The first kappa shape index (κ1) is 16.3. The molecule has 0 bridgehead atoms. The van der Waals surface area contributed by atoms with Crippen molar-refractivity contribution in [1.29, 1.82) is 0 Å². The van der Waals surface area contributed by atoms with Crippen molar-refractivity contribution in [1.82, 2.24) is 29.3 Å². The average molecular weight is 397 g/mol. The number of para-hydroxylation sites is 2. The van der Waals surface area contributed by atoms with Gasteiger partial charge >= 0.3 is 0 Å². The molecule has 5 aromatic rings. The Morgan fingerprint density at radius 1 is 1.04 bits per heavy atom. The van der Waals surface area contributed by atoms with Gasteiger partial charge in [-0.15, -0.1) is 10.2 Å². The lowest BCUT2D eigenvalue weighted by molar-refractivity contribution is 0.391. The molecule has 0 N–H and O–H groups in total. The lowest BCUT2D eigenvalue weighted by Crippen LogP contribution is -1.88. The van der Waals surface area contributed by atoms with Gasteiger partial charge in [0.05, 0.1) is 16.8 Å². The van der Waals surface area contributed by atoms with Crippen molar-refractivity contribution in [3.05, 3.63) is 59.4 Å². The summed E-state index contributed by atoms with van der Waals surface area (Å²) >= 11 is 7.43. The van der Waals surface area contributed by atoms with Gasteiger partial charge in [0.15, 0.2) is 5.16 Å². The van der Waals surface area contributed by atoms with E-state index in [1.54, 1.807) is 12.1 Å². The highest BCUT2D eigenvalue weighted by atomic mass is 35.5. The maximum absolute atomic E-state index is 5.92. The van der Waals surface area contributed by atoms with E-state index < -0.39 is 0 Å². The second kappa shape index (κ2) is 6.40. The predicted octanol–water partition coefficient (Wildman–Crippen LogP) is 4.22. The summed E-state index contributed by atoms with van der Waals surface area (Å²) in [5, 5.41) is 14.1. The highest BCUT2D eigenvalue weighted by Crippen LogP contribution is 2.27. The summed E-state index contributed by atoms with van der Waals surface area (Å²) in [6.45, 7) is 0. The maximum Gasteiger partial charge on any atom is 0.237 e. The summed E-state index contributed by atoms with van der Waals surface area (Å²) in [6.07, 6.45) is 0. The molecule has 3 heterocycles. The molecule has 0 saturated heterocycles. The Morgan fingerprint density at radius 3 is 2.63 bits per heavy atom. The lowest BCUT2D eigenvalue weighted by Gasteiger charge is -1.96. The van der Waals surface area contributed by atoms with Gasteiger partial charge in [0.1, 0.15) is 0 Å². The van der Waals surface area contributed by atoms with Crippen LogP contribution < -0.4 is 0 Å². The Kier molecular flexibility index (Phi) is 3.87. The van der Waals surface area contributed by atoms with Crippen molar-refractivity contribution in [2.45, 2.75) is 10.9 Å². The lowest BCUT2D eigenvalue weighted by atomic mass is 10.2. The molecular weight excluding hydrogens is 384 g/mol. The minimum Gasteiger partial charge on any atom is -0.338 e. The molecule has 5 rings (SSSR count). The molecule has 0 unspecified atom stereocenters. The zero-order valence-corrected chi connectivity index (χ0v) is 15.8. The molecule has 2 aromatic carbocycles. The van der Waals surface area contributed by atoms with Crippen molar-refractivity contribution in [3.8, 4) is 11.4 Å². The Balaban J connectivity index is 1.42. The largest absolute Gasteiger partial charge is 0.338 e. The van der Waals surface area contributed by atoms with Crippen LogP contribution in [0.4, 0.5) is 0 Å². The molecular formula is C18H13ClN6OS. The van der Waals surface area contributed by atoms with Crippen LogP contribution >= 0.6 is 23.4 Å². The summed E-state index contributed by atoms with van der Waals surface area (Å²) in [4.78, 5) is 4.45. The van der Waals surface area contributed by atoms with Gasteiger partial charge in [0.2, 0.25) is 17.5 Å². The monoisotopic (exact) mass is 396 g/mol. The van der Waals surface area contributed by atoms with Gasteiger partial charge in [-0.2, -0.15) is 4.98 Å². The molecule has 0 aliphatic carbocycles. The number of nitrogens with zero attached hydrogens (tertiary/aromatic N) is 6.